The van der Waals surface area contributed by atoms with Gasteiger partial charge in [-0.1, -0.05) is 12.1 Å². The highest BCUT2D eigenvalue weighted by molar-refractivity contribution is 7.89. The lowest BCUT2D eigenvalue weighted by Gasteiger charge is -2.11. The summed E-state index contributed by atoms with van der Waals surface area (Å²) >= 11 is 0. The van der Waals surface area contributed by atoms with Gasteiger partial charge in [0.15, 0.2) is 0 Å². The predicted octanol–water partition coefficient (Wildman–Crippen LogP) is 2.06. The maximum Gasteiger partial charge on any atom is 0.416 e. The molecule has 0 aromatic heterocycles. The number of hydrogen-bond donors (Lipinski definition) is 3. The zero-order valence-corrected chi connectivity index (χ0v) is 17.4. The average Bonchev–Trinajstić information content (AvgIpc) is 3.49. The van der Waals surface area contributed by atoms with E-state index >= 15 is 0 Å². The van der Waals surface area contributed by atoms with E-state index in [1.54, 1.807) is 0 Å². The van der Waals surface area contributed by atoms with Crippen LogP contribution < -0.4 is 14.8 Å². The molecule has 31 heavy (non-hydrogen) atoms. The molecule has 1 aliphatic rings. The molecule has 168 valence electrons. The Labute approximate surface area is 177 Å². The standard InChI is InChI=1S/C18H18F3N3O5S2/c19-18(20,21)12-3-1-5-15(9-12)30(26,27)22-11-17(25)23-14-4-2-6-16(10-14)31(28,29)24-13-7-8-13/h1-6,9-10,13,22,24H,7-8,11H2,(H,23,25). The fraction of sp³-hybridized carbons (Fsp3) is 0.278. The number of benzene rings is 2. The molecule has 13 heteroatoms. The van der Waals surface area contributed by atoms with E-state index in [1.807, 2.05) is 4.72 Å². The molecule has 0 spiro atoms. The predicted molar refractivity (Wildman–Crippen MR) is 105 cm³/mol. The summed E-state index contributed by atoms with van der Waals surface area (Å²) in [6.45, 7) is -0.768. The van der Waals surface area contributed by atoms with Gasteiger partial charge in [0.05, 0.1) is 21.9 Å². The second-order valence-corrected chi connectivity index (χ2v) is 10.3. The molecule has 3 N–H and O–H groups in total. The molecule has 0 saturated heterocycles. The highest BCUT2D eigenvalue weighted by atomic mass is 32.2. The van der Waals surface area contributed by atoms with Crippen LogP contribution in [0.3, 0.4) is 0 Å². The summed E-state index contributed by atoms with van der Waals surface area (Å²) in [5.41, 5.74) is -1.03. The molecule has 0 aliphatic heterocycles. The van der Waals surface area contributed by atoms with Gasteiger partial charge in [-0.2, -0.15) is 13.2 Å². The second kappa shape index (κ2) is 8.57. The summed E-state index contributed by atoms with van der Waals surface area (Å²) in [4.78, 5) is 11.4. The first kappa shape index (κ1) is 23.2. The number of alkyl halides is 3. The number of sulfonamides is 2. The van der Waals surface area contributed by atoms with E-state index in [2.05, 4.69) is 10.0 Å². The van der Waals surface area contributed by atoms with Crippen molar-refractivity contribution in [1.29, 1.82) is 0 Å². The van der Waals surface area contributed by atoms with Gasteiger partial charge >= 0.3 is 6.18 Å². The third-order valence-electron chi connectivity index (χ3n) is 4.22. The minimum Gasteiger partial charge on any atom is -0.325 e. The summed E-state index contributed by atoms with van der Waals surface area (Å²) in [5, 5.41) is 2.34. The lowest BCUT2D eigenvalue weighted by atomic mass is 10.2. The lowest BCUT2D eigenvalue weighted by molar-refractivity contribution is -0.137. The van der Waals surface area contributed by atoms with Gasteiger partial charge in [-0.25, -0.2) is 26.3 Å². The summed E-state index contributed by atoms with van der Waals surface area (Å²) in [5.74, 6) is -0.833. The fourth-order valence-electron chi connectivity index (χ4n) is 2.52. The molecule has 3 rings (SSSR count). The number of amides is 1. The highest BCUT2D eigenvalue weighted by Gasteiger charge is 2.32. The topological polar surface area (TPSA) is 121 Å². The van der Waals surface area contributed by atoms with Gasteiger partial charge in [0.25, 0.3) is 0 Å². The van der Waals surface area contributed by atoms with E-state index in [4.69, 9.17) is 0 Å². The summed E-state index contributed by atoms with van der Waals surface area (Å²) in [7, 11) is -8.13. The number of halogens is 3. The Morgan fingerprint density at radius 3 is 2.16 bits per heavy atom. The molecule has 1 saturated carbocycles. The van der Waals surface area contributed by atoms with Crippen molar-refractivity contribution in [3.63, 3.8) is 0 Å². The van der Waals surface area contributed by atoms with Crippen molar-refractivity contribution in [2.24, 2.45) is 0 Å². The maximum absolute atomic E-state index is 12.8. The number of rotatable bonds is 8. The van der Waals surface area contributed by atoms with Crippen LogP contribution in [-0.2, 0) is 31.0 Å². The van der Waals surface area contributed by atoms with Crippen molar-refractivity contribution in [3.05, 3.63) is 54.1 Å². The van der Waals surface area contributed by atoms with Crippen molar-refractivity contribution in [2.45, 2.75) is 34.9 Å². The van der Waals surface area contributed by atoms with E-state index < -0.39 is 49.1 Å². The molecule has 2 aromatic rings. The molecule has 1 aliphatic carbocycles. The van der Waals surface area contributed by atoms with Gasteiger partial charge in [0.2, 0.25) is 26.0 Å². The molecular formula is C18H18F3N3O5S2. The molecule has 1 fully saturated rings. The van der Waals surface area contributed by atoms with E-state index in [-0.39, 0.29) is 16.6 Å². The van der Waals surface area contributed by atoms with Crippen LogP contribution in [0.15, 0.2) is 58.3 Å². The Hall–Kier alpha value is -2.48. The molecule has 0 heterocycles. The molecule has 2 aromatic carbocycles. The van der Waals surface area contributed by atoms with Crippen molar-refractivity contribution in [1.82, 2.24) is 9.44 Å². The van der Waals surface area contributed by atoms with Crippen molar-refractivity contribution in [3.8, 4) is 0 Å². The van der Waals surface area contributed by atoms with Crippen LogP contribution in [0, 0.1) is 0 Å². The van der Waals surface area contributed by atoms with Crippen LogP contribution in [-0.4, -0.2) is 35.3 Å². The quantitative estimate of drug-likeness (QED) is 0.538. The smallest absolute Gasteiger partial charge is 0.325 e. The van der Waals surface area contributed by atoms with E-state index in [0.717, 1.165) is 31.0 Å². The molecule has 0 radical (unpaired) electrons. The zero-order chi connectivity index (χ0) is 22.9. The summed E-state index contributed by atoms with van der Waals surface area (Å²) < 4.78 is 91.6. The Morgan fingerprint density at radius 2 is 1.55 bits per heavy atom. The molecule has 8 nitrogen and oxygen atoms in total. The van der Waals surface area contributed by atoms with Gasteiger partial charge in [-0.15, -0.1) is 0 Å². The van der Waals surface area contributed by atoms with Crippen LogP contribution in [0.5, 0.6) is 0 Å². The van der Waals surface area contributed by atoms with Gasteiger partial charge < -0.3 is 5.32 Å². The molecule has 1 amide bonds. The van der Waals surface area contributed by atoms with Crippen LogP contribution in [0.25, 0.3) is 0 Å². The minimum atomic E-state index is -4.72. The SMILES string of the molecule is O=C(CNS(=O)(=O)c1cccc(C(F)(F)F)c1)Nc1cccc(S(=O)(=O)NC2CC2)c1. The van der Waals surface area contributed by atoms with Crippen molar-refractivity contribution in [2.75, 3.05) is 11.9 Å². The highest BCUT2D eigenvalue weighted by Crippen LogP contribution is 2.30. The van der Waals surface area contributed by atoms with Gasteiger partial charge in [0, 0.05) is 11.7 Å². The first-order valence-corrected chi connectivity index (χ1v) is 11.9. The van der Waals surface area contributed by atoms with Crippen LogP contribution in [0.1, 0.15) is 18.4 Å². The number of hydrogen-bond acceptors (Lipinski definition) is 5. The fourth-order valence-corrected chi connectivity index (χ4v) is 4.90. The lowest BCUT2D eigenvalue weighted by Crippen LogP contribution is -2.33. The van der Waals surface area contributed by atoms with E-state index in [9.17, 15) is 34.8 Å². The minimum absolute atomic E-state index is 0.0678. The molecule has 0 unspecified atom stereocenters. The first-order chi connectivity index (χ1) is 14.4. The average molecular weight is 477 g/mol. The van der Waals surface area contributed by atoms with E-state index in [1.165, 1.54) is 24.3 Å². The third kappa shape index (κ3) is 6.26. The van der Waals surface area contributed by atoms with Gasteiger partial charge in [-0.3, -0.25) is 4.79 Å². The Kier molecular flexibility index (Phi) is 6.41. The van der Waals surface area contributed by atoms with Crippen molar-refractivity contribution < 1.29 is 34.8 Å². The largest absolute Gasteiger partial charge is 0.416 e. The number of anilines is 1. The Bertz CT molecular complexity index is 1190. The summed E-state index contributed by atoms with van der Waals surface area (Å²) in [6.07, 6.45) is -3.22. The first-order valence-electron chi connectivity index (χ1n) is 8.96. The van der Waals surface area contributed by atoms with Crippen LogP contribution in [0.2, 0.25) is 0 Å². The Balaban J connectivity index is 1.64. The summed E-state index contributed by atoms with van der Waals surface area (Å²) in [6, 6.07) is 8.37. The Morgan fingerprint density at radius 1 is 0.935 bits per heavy atom. The molecule has 0 atom stereocenters. The zero-order valence-electron chi connectivity index (χ0n) is 15.8. The number of carbonyl (C=O) groups is 1. The normalized spacial score (nSPS) is 14.9. The van der Waals surface area contributed by atoms with Crippen LogP contribution in [0.4, 0.5) is 18.9 Å². The number of carbonyl (C=O) groups excluding carboxylic acids is 1. The second-order valence-electron chi connectivity index (χ2n) is 6.82. The van der Waals surface area contributed by atoms with Gasteiger partial charge in [-0.05, 0) is 49.2 Å². The monoisotopic (exact) mass is 477 g/mol. The van der Waals surface area contributed by atoms with Crippen molar-refractivity contribution >= 4 is 31.6 Å². The number of nitrogens with one attached hydrogen (secondary N) is 3. The van der Waals surface area contributed by atoms with Gasteiger partial charge in [0.1, 0.15) is 0 Å². The van der Waals surface area contributed by atoms with Crippen LogP contribution >= 0.6 is 0 Å². The molecule has 0 bridgehead atoms. The maximum atomic E-state index is 12.8. The molecular weight excluding hydrogens is 459 g/mol. The van der Waals surface area contributed by atoms with E-state index in [0.29, 0.717) is 6.07 Å². The third-order valence-corrected chi connectivity index (χ3v) is 7.14.